The van der Waals surface area contributed by atoms with E-state index in [4.69, 9.17) is 0 Å². The lowest BCUT2D eigenvalue weighted by molar-refractivity contribution is 0.0772. The van der Waals surface area contributed by atoms with Crippen LogP contribution in [0.1, 0.15) is 26.4 Å². The Morgan fingerprint density at radius 1 is 0.931 bits per heavy atom. The SMILES string of the molecule is O=C(C=Cc1nc2ccccc2nc1O)c1ccc(C(=O)N2CCSCC2)cc1. The molecule has 29 heavy (non-hydrogen) atoms. The summed E-state index contributed by atoms with van der Waals surface area (Å²) < 4.78 is 0. The predicted octanol–water partition coefficient (Wildman–Crippen LogP) is 3.42. The molecule has 6 nitrogen and oxygen atoms in total. The zero-order chi connectivity index (χ0) is 20.2. The fourth-order valence-corrected chi connectivity index (χ4v) is 4.00. The highest BCUT2D eigenvalue weighted by molar-refractivity contribution is 7.99. The van der Waals surface area contributed by atoms with Crippen LogP contribution in [0.15, 0.2) is 54.6 Å². The van der Waals surface area contributed by atoms with Crippen molar-refractivity contribution in [1.82, 2.24) is 14.9 Å². The molecule has 0 unspecified atom stereocenters. The third-order valence-corrected chi connectivity index (χ3v) is 5.63. The standard InChI is InChI=1S/C22H19N3O3S/c26-20(10-9-19-21(27)24-18-4-2-1-3-17(18)23-19)15-5-7-16(8-6-15)22(28)25-11-13-29-14-12-25/h1-10H,11-14H2,(H,24,27). The minimum absolute atomic E-state index is 0.00352. The van der Waals surface area contributed by atoms with Crippen molar-refractivity contribution in [1.29, 1.82) is 0 Å². The van der Waals surface area contributed by atoms with Gasteiger partial charge in [0.1, 0.15) is 5.69 Å². The second-order valence-corrected chi connectivity index (χ2v) is 7.83. The molecule has 0 aliphatic carbocycles. The maximum atomic E-state index is 12.5. The topological polar surface area (TPSA) is 83.4 Å². The van der Waals surface area contributed by atoms with Crippen molar-refractivity contribution in [2.45, 2.75) is 0 Å². The van der Waals surface area contributed by atoms with Gasteiger partial charge in [0.15, 0.2) is 5.78 Å². The zero-order valence-electron chi connectivity index (χ0n) is 15.6. The van der Waals surface area contributed by atoms with E-state index in [0.717, 1.165) is 24.6 Å². The molecular formula is C22H19N3O3S. The molecule has 146 valence electrons. The Kier molecular flexibility index (Phi) is 5.57. The molecular weight excluding hydrogens is 386 g/mol. The van der Waals surface area contributed by atoms with Crippen molar-refractivity contribution in [3.63, 3.8) is 0 Å². The van der Waals surface area contributed by atoms with Gasteiger partial charge in [0, 0.05) is 35.7 Å². The van der Waals surface area contributed by atoms with Gasteiger partial charge in [0.25, 0.3) is 5.91 Å². The first-order valence-corrected chi connectivity index (χ1v) is 10.4. The molecule has 1 aliphatic rings. The fourth-order valence-electron chi connectivity index (χ4n) is 3.09. The molecule has 1 amide bonds. The third kappa shape index (κ3) is 4.30. The molecule has 0 radical (unpaired) electrons. The van der Waals surface area contributed by atoms with Gasteiger partial charge >= 0.3 is 0 Å². The lowest BCUT2D eigenvalue weighted by Gasteiger charge is -2.26. The zero-order valence-corrected chi connectivity index (χ0v) is 16.4. The maximum Gasteiger partial charge on any atom is 0.253 e. The number of aromatic nitrogens is 2. The van der Waals surface area contributed by atoms with Crippen LogP contribution >= 0.6 is 11.8 Å². The van der Waals surface area contributed by atoms with Gasteiger partial charge in [-0.15, -0.1) is 0 Å². The Morgan fingerprint density at radius 2 is 1.55 bits per heavy atom. The summed E-state index contributed by atoms with van der Waals surface area (Å²) in [5, 5.41) is 10.0. The van der Waals surface area contributed by atoms with Crippen LogP contribution in [0.2, 0.25) is 0 Å². The molecule has 1 aliphatic heterocycles. The summed E-state index contributed by atoms with van der Waals surface area (Å²) in [7, 11) is 0. The third-order valence-electron chi connectivity index (χ3n) is 4.69. The number of nitrogens with zero attached hydrogens (tertiary/aromatic N) is 3. The molecule has 7 heteroatoms. The number of hydrogen-bond acceptors (Lipinski definition) is 6. The number of rotatable bonds is 4. The minimum Gasteiger partial charge on any atom is -0.492 e. The summed E-state index contributed by atoms with van der Waals surface area (Å²) in [6, 6.07) is 13.8. The number of benzene rings is 2. The van der Waals surface area contributed by atoms with Crippen LogP contribution in [0.4, 0.5) is 0 Å². The first-order valence-electron chi connectivity index (χ1n) is 9.27. The van der Waals surface area contributed by atoms with Crippen molar-refractivity contribution < 1.29 is 14.7 Å². The van der Waals surface area contributed by atoms with Gasteiger partial charge in [-0.05, 0) is 36.4 Å². The van der Waals surface area contributed by atoms with Crippen LogP contribution in [0.3, 0.4) is 0 Å². The smallest absolute Gasteiger partial charge is 0.253 e. The molecule has 1 aromatic heterocycles. The average molecular weight is 405 g/mol. The van der Waals surface area contributed by atoms with Gasteiger partial charge < -0.3 is 10.0 Å². The van der Waals surface area contributed by atoms with Crippen molar-refractivity contribution >= 4 is 40.6 Å². The van der Waals surface area contributed by atoms with E-state index in [9.17, 15) is 14.7 Å². The van der Waals surface area contributed by atoms with Crippen molar-refractivity contribution in [2.75, 3.05) is 24.6 Å². The fraction of sp³-hybridized carbons (Fsp3) is 0.182. The highest BCUT2D eigenvalue weighted by atomic mass is 32.2. The van der Waals surface area contributed by atoms with Gasteiger partial charge in [0.05, 0.1) is 11.0 Å². The summed E-state index contributed by atoms with van der Waals surface area (Å²) in [5.74, 6) is 1.44. The number of amides is 1. The summed E-state index contributed by atoms with van der Waals surface area (Å²) in [6.07, 6.45) is 2.79. The Balaban J connectivity index is 1.48. The molecule has 0 bridgehead atoms. The van der Waals surface area contributed by atoms with Gasteiger partial charge in [-0.1, -0.05) is 24.3 Å². The number of carbonyl (C=O) groups excluding carboxylic acids is 2. The van der Waals surface area contributed by atoms with E-state index in [1.165, 1.54) is 12.2 Å². The number of ketones is 1. The second-order valence-electron chi connectivity index (χ2n) is 6.60. The van der Waals surface area contributed by atoms with Crippen LogP contribution in [-0.2, 0) is 0 Å². The molecule has 0 saturated carbocycles. The van der Waals surface area contributed by atoms with Crippen LogP contribution in [0.25, 0.3) is 17.1 Å². The number of aromatic hydroxyl groups is 1. The van der Waals surface area contributed by atoms with Gasteiger partial charge in [-0.2, -0.15) is 11.8 Å². The molecule has 2 aromatic carbocycles. The molecule has 3 aromatic rings. The van der Waals surface area contributed by atoms with E-state index < -0.39 is 0 Å². The van der Waals surface area contributed by atoms with E-state index in [1.807, 2.05) is 28.8 Å². The summed E-state index contributed by atoms with van der Waals surface area (Å²) in [6.45, 7) is 1.51. The molecule has 2 heterocycles. The van der Waals surface area contributed by atoms with Crippen molar-refractivity contribution in [2.24, 2.45) is 0 Å². The molecule has 0 atom stereocenters. The van der Waals surface area contributed by atoms with Gasteiger partial charge in [0.2, 0.25) is 5.88 Å². The largest absolute Gasteiger partial charge is 0.492 e. The Bertz CT molecular complexity index is 1090. The van der Waals surface area contributed by atoms with E-state index in [-0.39, 0.29) is 23.3 Å². The van der Waals surface area contributed by atoms with Crippen LogP contribution < -0.4 is 0 Å². The Morgan fingerprint density at radius 3 is 2.24 bits per heavy atom. The van der Waals surface area contributed by atoms with Crippen LogP contribution in [0.5, 0.6) is 5.88 Å². The second kappa shape index (κ2) is 8.45. The number of allylic oxidation sites excluding steroid dienone is 1. The van der Waals surface area contributed by atoms with E-state index in [1.54, 1.807) is 36.4 Å². The molecule has 0 spiro atoms. The van der Waals surface area contributed by atoms with E-state index in [0.29, 0.717) is 22.2 Å². The molecule has 1 saturated heterocycles. The highest BCUT2D eigenvalue weighted by Crippen LogP contribution is 2.19. The van der Waals surface area contributed by atoms with Gasteiger partial charge in [-0.3, -0.25) is 9.59 Å². The number of hydrogen-bond donors (Lipinski definition) is 1. The number of thioether (sulfide) groups is 1. The first-order chi connectivity index (χ1) is 14.1. The molecule has 4 rings (SSSR count). The molecule has 1 fully saturated rings. The first kappa shape index (κ1) is 19.1. The summed E-state index contributed by atoms with van der Waals surface area (Å²) >= 11 is 1.85. The maximum absolute atomic E-state index is 12.5. The van der Waals surface area contributed by atoms with Crippen LogP contribution in [-0.4, -0.2) is 56.3 Å². The van der Waals surface area contributed by atoms with E-state index in [2.05, 4.69) is 9.97 Å². The average Bonchev–Trinajstić information content (AvgIpc) is 2.77. The molecule has 1 N–H and O–H groups in total. The Hall–Kier alpha value is -3.19. The lowest BCUT2D eigenvalue weighted by Crippen LogP contribution is -2.37. The summed E-state index contributed by atoms with van der Waals surface area (Å²) in [4.78, 5) is 35.2. The quantitative estimate of drug-likeness (QED) is 0.529. The minimum atomic E-state index is -0.243. The monoisotopic (exact) mass is 405 g/mol. The lowest BCUT2D eigenvalue weighted by atomic mass is 10.1. The summed E-state index contributed by atoms with van der Waals surface area (Å²) in [5.41, 5.74) is 2.49. The van der Waals surface area contributed by atoms with Crippen molar-refractivity contribution in [3.8, 4) is 5.88 Å². The van der Waals surface area contributed by atoms with Gasteiger partial charge in [-0.25, -0.2) is 9.97 Å². The normalized spacial score (nSPS) is 14.4. The van der Waals surface area contributed by atoms with E-state index >= 15 is 0 Å². The van der Waals surface area contributed by atoms with Crippen LogP contribution in [0, 0.1) is 0 Å². The Labute approximate surface area is 172 Å². The number of para-hydroxylation sites is 2. The number of fused-ring (bicyclic) bond motifs is 1. The highest BCUT2D eigenvalue weighted by Gasteiger charge is 2.18. The number of carbonyl (C=O) groups is 2. The predicted molar refractivity (Wildman–Crippen MR) is 114 cm³/mol. The van der Waals surface area contributed by atoms with Crippen molar-refractivity contribution in [3.05, 3.63) is 71.4 Å².